The zero-order valence-corrected chi connectivity index (χ0v) is 18.6. The van der Waals surface area contributed by atoms with Gasteiger partial charge in [-0.05, 0) is 66.6 Å². The van der Waals surface area contributed by atoms with Gasteiger partial charge in [-0.3, -0.25) is 0 Å². The minimum absolute atomic E-state index is 0.934. The van der Waals surface area contributed by atoms with Crippen LogP contribution in [0.5, 0.6) is 0 Å². The predicted molar refractivity (Wildman–Crippen MR) is 129 cm³/mol. The Hall–Kier alpha value is -3.18. The van der Waals surface area contributed by atoms with Crippen LogP contribution in [-0.4, -0.2) is 19.6 Å². The molecular weight excluding hydrogens is 448 g/mol. The van der Waals surface area contributed by atoms with Gasteiger partial charge in [0, 0.05) is 16.5 Å². The topological polar surface area (TPSA) is 35.6 Å². The molecule has 6 rings (SSSR count). The Morgan fingerprint density at radius 3 is 2.06 bits per heavy atom. The molecule has 4 nitrogen and oxygen atoms in total. The van der Waals surface area contributed by atoms with E-state index in [0.717, 1.165) is 42.8 Å². The van der Waals surface area contributed by atoms with E-state index in [4.69, 9.17) is 0 Å². The highest BCUT2D eigenvalue weighted by molar-refractivity contribution is 9.11. The fourth-order valence-corrected chi connectivity index (χ4v) is 5.06. The first kappa shape index (κ1) is 18.6. The lowest BCUT2D eigenvalue weighted by Crippen LogP contribution is -2.06. The lowest BCUT2D eigenvalue weighted by atomic mass is 10.1. The van der Waals surface area contributed by atoms with Gasteiger partial charge >= 0.3 is 0 Å². The summed E-state index contributed by atoms with van der Waals surface area (Å²) in [6, 6.07) is 25.9. The molecule has 5 heteroatoms. The first-order chi connectivity index (χ1) is 15.3. The number of aryl methyl sites for hydroxylation is 1. The molecule has 0 radical (unpaired) electrons. The van der Waals surface area contributed by atoms with Gasteiger partial charge in [0.15, 0.2) is 0 Å². The predicted octanol–water partition coefficient (Wildman–Crippen LogP) is 6.52. The van der Waals surface area contributed by atoms with E-state index in [-0.39, 0.29) is 0 Å². The summed E-state index contributed by atoms with van der Waals surface area (Å²) in [5, 5.41) is 11.5. The summed E-state index contributed by atoms with van der Waals surface area (Å²) in [5.74, 6) is 0. The summed E-state index contributed by atoms with van der Waals surface area (Å²) >= 11 is 3.67. The van der Waals surface area contributed by atoms with Crippen LogP contribution < -0.4 is 0 Å². The second-order valence-electron chi connectivity index (χ2n) is 7.97. The number of halogens is 1. The standard InChI is InChI=1S/C26H21BrN4/c27-18-6-5-9-23-26(17-12-18)31(29-28-23)20-15-13-19(14-16-20)30-24-10-3-1-7-21(24)22-8-2-4-11-25(22)30/h1-4,6-8,10-11,13-16H,5,9,12,17H2. The van der Waals surface area contributed by atoms with E-state index in [1.807, 2.05) is 4.68 Å². The summed E-state index contributed by atoms with van der Waals surface area (Å²) in [4.78, 5) is 0. The largest absolute Gasteiger partial charge is 0.309 e. The van der Waals surface area contributed by atoms with Crippen molar-refractivity contribution in [1.82, 2.24) is 19.6 Å². The van der Waals surface area contributed by atoms with Gasteiger partial charge in [-0.25, -0.2) is 4.68 Å². The van der Waals surface area contributed by atoms with Crippen molar-refractivity contribution in [2.75, 3.05) is 0 Å². The van der Waals surface area contributed by atoms with Crippen LogP contribution in [0.3, 0.4) is 0 Å². The van der Waals surface area contributed by atoms with E-state index in [2.05, 4.69) is 110 Å². The zero-order chi connectivity index (χ0) is 20.8. The van der Waals surface area contributed by atoms with Gasteiger partial charge in [-0.15, -0.1) is 5.10 Å². The molecule has 0 unspecified atom stereocenters. The normalized spacial score (nSPS) is 14.3. The van der Waals surface area contributed by atoms with Gasteiger partial charge in [0.05, 0.1) is 28.1 Å². The van der Waals surface area contributed by atoms with Crippen LogP contribution in [0, 0.1) is 0 Å². The second-order valence-corrected chi connectivity index (χ2v) is 8.99. The lowest BCUT2D eigenvalue weighted by Gasteiger charge is -2.12. The first-order valence-electron chi connectivity index (χ1n) is 10.7. The smallest absolute Gasteiger partial charge is 0.0867 e. The molecule has 0 N–H and O–H groups in total. The van der Waals surface area contributed by atoms with Crippen molar-refractivity contribution < 1.29 is 0 Å². The van der Waals surface area contributed by atoms with Crippen LogP contribution in [-0.2, 0) is 12.8 Å². The monoisotopic (exact) mass is 468 g/mol. The third-order valence-corrected chi connectivity index (χ3v) is 6.84. The summed E-state index contributed by atoms with van der Waals surface area (Å²) in [7, 11) is 0. The number of fused-ring (bicyclic) bond motifs is 4. The van der Waals surface area contributed by atoms with Crippen LogP contribution >= 0.6 is 15.9 Å². The Morgan fingerprint density at radius 2 is 1.35 bits per heavy atom. The van der Waals surface area contributed by atoms with Crippen LogP contribution in [0.4, 0.5) is 0 Å². The van der Waals surface area contributed by atoms with Crippen molar-refractivity contribution in [1.29, 1.82) is 0 Å². The Kier molecular flexibility index (Phi) is 4.50. The van der Waals surface area contributed by atoms with Gasteiger partial charge in [0.2, 0.25) is 0 Å². The molecule has 31 heavy (non-hydrogen) atoms. The molecule has 1 aliphatic rings. The SMILES string of the molecule is BrC1=CCCc2nnn(-c3ccc(-n4c5ccccc5c5ccccc54)cc3)c2CC1. The molecule has 152 valence electrons. The van der Waals surface area contributed by atoms with E-state index in [9.17, 15) is 0 Å². The van der Waals surface area contributed by atoms with Crippen molar-refractivity contribution in [3.63, 3.8) is 0 Å². The summed E-state index contributed by atoms with van der Waals surface area (Å²) in [5.41, 5.74) is 6.98. The maximum atomic E-state index is 4.49. The molecule has 0 bridgehead atoms. The van der Waals surface area contributed by atoms with Crippen LogP contribution in [0.2, 0.25) is 0 Å². The summed E-state index contributed by atoms with van der Waals surface area (Å²) in [6.45, 7) is 0. The van der Waals surface area contributed by atoms with Crippen LogP contribution in [0.15, 0.2) is 83.4 Å². The fourth-order valence-electron chi connectivity index (χ4n) is 4.63. The van der Waals surface area contributed by atoms with Crippen molar-refractivity contribution in [2.24, 2.45) is 0 Å². The van der Waals surface area contributed by atoms with Crippen molar-refractivity contribution in [2.45, 2.75) is 25.7 Å². The summed E-state index contributed by atoms with van der Waals surface area (Å²) < 4.78 is 5.62. The van der Waals surface area contributed by atoms with Gasteiger partial charge in [0.25, 0.3) is 0 Å². The van der Waals surface area contributed by atoms with E-state index >= 15 is 0 Å². The quantitative estimate of drug-likeness (QED) is 0.295. The van der Waals surface area contributed by atoms with Crippen molar-refractivity contribution in [3.05, 3.63) is 94.7 Å². The Bertz CT molecular complexity index is 1390. The number of nitrogens with zero attached hydrogens (tertiary/aromatic N) is 4. The van der Waals surface area contributed by atoms with Gasteiger partial charge in [-0.2, -0.15) is 0 Å². The molecule has 1 aliphatic carbocycles. The zero-order valence-electron chi connectivity index (χ0n) is 17.0. The number of rotatable bonds is 2. The minimum atomic E-state index is 0.934. The second kappa shape index (κ2) is 7.50. The average Bonchev–Trinajstić information content (AvgIpc) is 3.35. The Balaban J connectivity index is 1.44. The molecule has 5 aromatic rings. The van der Waals surface area contributed by atoms with E-state index in [1.165, 1.54) is 32.0 Å². The third kappa shape index (κ3) is 3.12. The molecule has 0 amide bonds. The molecule has 0 spiro atoms. The molecule has 2 aromatic heterocycles. The van der Waals surface area contributed by atoms with Crippen LogP contribution in [0.25, 0.3) is 33.2 Å². The minimum Gasteiger partial charge on any atom is -0.309 e. The molecule has 0 atom stereocenters. The van der Waals surface area contributed by atoms with Gasteiger partial charge < -0.3 is 4.57 Å². The van der Waals surface area contributed by atoms with Crippen molar-refractivity contribution in [3.8, 4) is 11.4 Å². The molecule has 2 heterocycles. The molecule has 3 aromatic carbocycles. The lowest BCUT2D eigenvalue weighted by molar-refractivity contribution is 0.754. The molecule has 0 fully saturated rings. The van der Waals surface area contributed by atoms with Crippen molar-refractivity contribution >= 4 is 37.7 Å². The Morgan fingerprint density at radius 1 is 0.710 bits per heavy atom. The highest BCUT2D eigenvalue weighted by Crippen LogP contribution is 2.32. The fraction of sp³-hybridized carbons (Fsp3) is 0.154. The van der Waals surface area contributed by atoms with E-state index < -0.39 is 0 Å². The highest BCUT2D eigenvalue weighted by atomic mass is 79.9. The number of aromatic nitrogens is 4. The molecule has 0 saturated heterocycles. The number of para-hydroxylation sites is 2. The molecule has 0 saturated carbocycles. The molecule has 0 aliphatic heterocycles. The first-order valence-corrected chi connectivity index (χ1v) is 11.5. The maximum absolute atomic E-state index is 4.49. The number of benzene rings is 3. The maximum Gasteiger partial charge on any atom is 0.0867 e. The number of allylic oxidation sites excluding steroid dienone is 2. The third-order valence-electron chi connectivity index (χ3n) is 6.12. The van der Waals surface area contributed by atoms with Crippen LogP contribution in [0.1, 0.15) is 24.2 Å². The number of hydrogen-bond donors (Lipinski definition) is 0. The van der Waals surface area contributed by atoms with Gasteiger partial charge in [0.1, 0.15) is 0 Å². The summed E-state index contributed by atoms with van der Waals surface area (Å²) in [6.07, 6.45) is 6.11. The average molecular weight is 469 g/mol. The highest BCUT2D eigenvalue weighted by Gasteiger charge is 2.17. The van der Waals surface area contributed by atoms with Gasteiger partial charge in [-0.1, -0.05) is 63.6 Å². The van der Waals surface area contributed by atoms with E-state index in [1.54, 1.807) is 0 Å². The van der Waals surface area contributed by atoms with E-state index in [0.29, 0.717) is 0 Å². The Labute approximate surface area is 188 Å². The molecular formula is C26H21BrN4. The number of hydrogen-bond acceptors (Lipinski definition) is 2.